The Morgan fingerprint density at radius 3 is 2.24 bits per heavy atom. The molecule has 0 radical (unpaired) electrons. The molecule has 0 aromatic heterocycles. The van der Waals surface area contributed by atoms with Crippen LogP contribution >= 0.6 is 0 Å². The molecule has 180 valence electrons. The number of carbonyl (C=O) groups is 2. The van der Waals surface area contributed by atoms with Crippen LogP contribution in [0.3, 0.4) is 0 Å². The highest BCUT2D eigenvalue weighted by Crippen LogP contribution is 2.30. The van der Waals surface area contributed by atoms with Crippen molar-refractivity contribution >= 4 is 11.8 Å². The molecule has 5 nitrogen and oxygen atoms in total. The molecule has 3 fully saturated rings. The molecule has 2 aromatic carbocycles. The minimum Gasteiger partial charge on any atom is -0.356 e. The fourth-order valence-electron chi connectivity index (χ4n) is 6.15. The molecule has 0 spiro atoms. The van der Waals surface area contributed by atoms with E-state index in [2.05, 4.69) is 22.3 Å². The normalized spacial score (nSPS) is 23.8. The van der Waals surface area contributed by atoms with Gasteiger partial charge in [-0.3, -0.25) is 9.59 Å². The molecule has 5 heteroatoms. The number of hydrogen-bond acceptors (Lipinski definition) is 3. The Morgan fingerprint density at radius 1 is 0.765 bits per heavy atom. The maximum Gasteiger partial charge on any atom is 0.253 e. The highest BCUT2D eigenvalue weighted by Gasteiger charge is 2.34. The minimum atomic E-state index is 0.0237. The number of piperidine rings is 3. The lowest BCUT2D eigenvalue weighted by Gasteiger charge is -2.44. The van der Waals surface area contributed by atoms with Gasteiger partial charge in [-0.25, -0.2) is 0 Å². The van der Waals surface area contributed by atoms with Gasteiger partial charge in [-0.05, 0) is 80.8 Å². The van der Waals surface area contributed by atoms with E-state index in [1.807, 2.05) is 47.4 Å². The molecule has 3 aliphatic rings. The van der Waals surface area contributed by atoms with Crippen LogP contribution in [0.2, 0.25) is 0 Å². The highest BCUT2D eigenvalue weighted by atomic mass is 16.2. The fourth-order valence-corrected chi connectivity index (χ4v) is 6.15. The second-order valence-corrected chi connectivity index (χ2v) is 10.3. The van der Waals surface area contributed by atoms with E-state index in [4.69, 9.17) is 0 Å². The summed E-state index contributed by atoms with van der Waals surface area (Å²) < 4.78 is 0. The number of amides is 2. The SMILES string of the molecule is O=C(NC[C@@H]1CCCN2CCCC[C@H]12)C1CCN(C(=O)c2ccc(-c3ccccc3)cc2)CC1. The number of fused-ring (bicyclic) bond motifs is 1. The molecule has 1 N–H and O–H groups in total. The van der Waals surface area contributed by atoms with E-state index in [1.54, 1.807) is 0 Å². The standard InChI is InChI=1S/C29H37N3O2/c33-28(30-21-26-9-6-18-31-17-5-4-10-27(26)31)24-15-19-32(20-16-24)29(34)25-13-11-23(12-14-25)22-7-2-1-3-8-22/h1-3,7-8,11-14,24,26-27H,4-6,9-10,15-21H2,(H,30,33)/t26-,27+/m0/s1. The summed E-state index contributed by atoms with van der Waals surface area (Å²) in [5.41, 5.74) is 2.98. The van der Waals surface area contributed by atoms with Gasteiger partial charge in [-0.1, -0.05) is 48.9 Å². The third kappa shape index (κ3) is 5.20. The van der Waals surface area contributed by atoms with Crippen LogP contribution in [0.25, 0.3) is 11.1 Å². The molecule has 0 saturated carbocycles. The molecular formula is C29H37N3O2. The number of hydrogen-bond donors (Lipinski definition) is 1. The van der Waals surface area contributed by atoms with Gasteiger partial charge in [0.2, 0.25) is 5.91 Å². The minimum absolute atomic E-state index is 0.0237. The lowest BCUT2D eigenvalue weighted by Crippen LogP contribution is -2.51. The van der Waals surface area contributed by atoms with Crippen LogP contribution in [0.4, 0.5) is 0 Å². The number of benzene rings is 2. The average molecular weight is 460 g/mol. The van der Waals surface area contributed by atoms with Gasteiger partial charge in [0.15, 0.2) is 0 Å². The maximum absolute atomic E-state index is 13.0. The predicted octanol–water partition coefficient (Wildman–Crippen LogP) is 4.59. The lowest BCUT2D eigenvalue weighted by molar-refractivity contribution is -0.126. The van der Waals surface area contributed by atoms with E-state index >= 15 is 0 Å². The largest absolute Gasteiger partial charge is 0.356 e. The Morgan fingerprint density at radius 2 is 1.47 bits per heavy atom. The van der Waals surface area contributed by atoms with E-state index in [0.717, 1.165) is 36.1 Å². The molecule has 0 aliphatic carbocycles. The summed E-state index contributed by atoms with van der Waals surface area (Å²) in [6, 6.07) is 18.7. The van der Waals surface area contributed by atoms with Crippen molar-refractivity contribution in [2.75, 3.05) is 32.7 Å². The van der Waals surface area contributed by atoms with E-state index in [9.17, 15) is 9.59 Å². The molecule has 2 aromatic rings. The molecule has 0 bridgehead atoms. The third-order valence-electron chi connectivity index (χ3n) is 8.16. The zero-order valence-corrected chi connectivity index (χ0v) is 20.1. The van der Waals surface area contributed by atoms with Crippen molar-refractivity contribution in [3.05, 3.63) is 60.2 Å². The first-order chi connectivity index (χ1) is 16.7. The van der Waals surface area contributed by atoms with Crippen molar-refractivity contribution in [3.8, 4) is 11.1 Å². The van der Waals surface area contributed by atoms with Gasteiger partial charge in [-0.2, -0.15) is 0 Å². The Hall–Kier alpha value is -2.66. The summed E-state index contributed by atoms with van der Waals surface area (Å²) in [6.07, 6.45) is 7.92. The van der Waals surface area contributed by atoms with Gasteiger partial charge in [0, 0.05) is 37.2 Å². The molecule has 5 rings (SSSR count). The van der Waals surface area contributed by atoms with Crippen LogP contribution in [-0.4, -0.2) is 60.4 Å². The lowest BCUT2D eigenvalue weighted by atomic mass is 9.83. The van der Waals surface area contributed by atoms with Gasteiger partial charge < -0.3 is 15.1 Å². The van der Waals surface area contributed by atoms with Crippen LogP contribution in [0.5, 0.6) is 0 Å². The Kier molecular flexibility index (Phi) is 7.29. The Bertz CT molecular complexity index is 965. The van der Waals surface area contributed by atoms with Crippen molar-refractivity contribution in [1.29, 1.82) is 0 Å². The number of likely N-dealkylation sites (tertiary alicyclic amines) is 1. The van der Waals surface area contributed by atoms with E-state index in [0.29, 0.717) is 25.0 Å². The van der Waals surface area contributed by atoms with Crippen LogP contribution in [0.15, 0.2) is 54.6 Å². The van der Waals surface area contributed by atoms with Crippen molar-refractivity contribution in [2.45, 2.75) is 51.0 Å². The fraction of sp³-hybridized carbons (Fsp3) is 0.517. The van der Waals surface area contributed by atoms with Crippen molar-refractivity contribution in [2.24, 2.45) is 11.8 Å². The summed E-state index contributed by atoms with van der Waals surface area (Å²) >= 11 is 0. The van der Waals surface area contributed by atoms with E-state index < -0.39 is 0 Å². The first-order valence-electron chi connectivity index (χ1n) is 13.2. The second-order valence-electron chi connectivity index (χ2n) is 10.3. The Labute approximate surface area is 203 Å². The summed E-state index contributed by atoms with van der Waals surface area (Å²) in [5, 5.41) is 3.28. The number of rotatable bonds is 5. The van der Waals surface area contributed by atoms with Crippen molar-refractivity contribution in [3.63, 3.8) is 0 Å². The average Bonchev–Trinajstić information content (AvgIpc) is 2.92. The molecule has 3 aliphatic heterocycles. The van der Waals surface area contributed by atoms with Crippen LogP contribution in [-0.2, 0) is 4.79 Å². The number of nitrogens with zero attached hydrogens (tertiary/aromatic N) is 2. The van der Waals surface area contributed by atoms with Gasteiger partial charge in [-0.15, -0.1) is 0 Å². The molecule has 2 atom stereocenters. The van der Waals surface area contributed by atoms with Crippen LogP contribution in [0.1, 0.15) is 55.3 Å². The Balaban J connectivity index is 1.10. The quantitative estimate of drug-likeness (QED) is 0.712. The zero-order chi connectivity index (χ0) is 23.3. The van der Waals surface area contributed by atoms with Crippen LogP contribution in [0, 0.1) is 11.8 Å². The number of nitrogens with one attached hydrogen (secondary N) is 1. The first kappa shape index (κ1) is 23.1. The molecule has 3 saturated heterocycles. The highest BCUT2D eigenvalue weighted by molar-refractivity contribution is 5.95. The summed E-state index contributed by atoms with van der Waals surface area (Å²) in [4.78, 5) is 30.5. The summed E-state index contributed by atoms with van der Waals surface area (Å²) in [7, 11) is 0. The predicted molar refractivity (Wildman–Crippen MR) is 135 cm³/mol. The number of carbonyl (C=O) groups excluding carboxylic acids is 2. The van der Waals surface area contributed by atoms with Crippen molar-refractivity contribution < 1.29 is 9.59 Å². The zero-order valence-electron chi connectivity index (χ0n) is 20.1. The third-order valence-corrected chi connectivity index (χ3v) is 8.16. The van der Waals surface area contributed by atoms with Crippen molar-refractivity contribution in [1.82, 2.24) is 15.1 Å². The van der Waals surface area contributed by atoms with Gasteiger partial charge in [0.1, 0.15) is 0 Å². The molecule has 2 amide bonds. The molecule has 0 unspecified atom stereocenters. The second kappa shape index (κ2) is 10.7. The topological polar surface area (TPSA) is 52.7 Å². The van der Waals surface area contributed by atoms with E-state index in [-0.39, 0.29) is 17.7 Å². The smallest absolute Gasteiger partial charge is 0.253 e. The van der Waals surface area contributed by atoms with Crippen LogP contribution < -0.4 is 5.32 Å². The monoisotopic (exact) mass is 459 g/mol. The summed E-state index contributed by atoms with van der Waals surface area (Å²) in [5.74, 6) is 0.874. The molecule has 34 heavy (non-hydrogen) atoms. The first-order valence-corrected chi connectivity index (χ1v) is 13.2. The molecular weight excluding hydrogens is 422 g/mol. The van der Waals surface area contributed by atoms with Gasteiger partial charge >= 0.3 is 0 Å². The molecule has 3 heterocycles. The maximum atomic E-state index is 13.0. The van der Waals surface area contributed by atoms with E-state index in [1.165, 1.54) is 45.2 Å². The van der Waals surface area contributed by atoms with Gasteiger partial charge in [0.25, 0.3) is 5.91 Å². The summed E-state index contributed by atoms with van der Waals surface area (Å²) in [6.45, 7) is 4.58. The van der Waals surface area contributed by atoms with Gasteiger partial charge in [0.05, 0.1) is 0 Å².